The molecule has 3 rings (SSSR count). The minimum Gasteiger partial charge on any atom is -0.352 e. The van der Waals surface area contributed by atoms with Crippen molar-refractivity contribution in [2.75, 3.05) is 17.1 Å². The van der Waals surface area contributed by atoms with Crippen LogP contribution in [0.4, 0.5) is 5.69 Å². The number of amides is 2. The van der Waals surface area contributed by atoms with E-state index in [4.69, 9.17) is 0 Å². The molecule has 9 heteroatoms. The Labute approximate surface area is 239 Å². The molecule has 2 amide bonds. The molecule has 0 aromatic heterocycles. The van der Waals surface area contributed by atoms with Gasteiger partial charge in [0.1, 0.15) is 12.6 Å². The molecule has 1 N–H and O–H groups in total. The number of nitrogens with one attached hydrogen (secondary N) is 1. The second-order valence-electron chi connectivity index (χ2n) is 9.56. The van der Waals surface area contributed by atoms with Gasteiger partial charge in [-0.05, 0) is 84.3 Å². The first-order chi connectivity index (χ1) is 18.0. The van der Waals surface area contributed by atoms with Crippen molar-refractivity contribution >= 4 is 50.1 Å². The molecule has 3 aromatic rings. The van der Waals surface area contributed by atoms with Crippen molar-refractivity contribution in [2.24, 2.45) is 0 Å². The van der Waals surface area contributed by atoms with Crippen LogP contribution < -0.4 is 9.62 Å². The van der Waals surface area contributed by atoms with E-state index in [9.17, 15) is 18.0 Å². The number of benzene rings is 3. The molecule has 0 spiro atoms. The normalized spacial score (nSPS) is 12.2. The van der Waals surface area contributed by atoms with Crippen LogP contribution in [0, 0.1) is 10.5 Å². The molecule has 0 saturated carbocycles. The average molecular weight is 648 g/mol. The Morgan fingerprint density at radius 1 is 0.921 bits per heavy atom. The van der Waals surface area contributed by atoms with Gasteiger partial charge in [0.05, 0.1) is 11.9 Å². The zero-order valence-electron chi connectivity index (χ0n) is 22.1. The number of carbonyl (C=O) groups is 2. The first-order valence-electron chi connectivity index (χ1n) is 12.4. The van der Waals surface area contributed by atoms with Gasteiger partial charge < -0.3 is 10.2 Å². The lowest BCUT2D eigenvalue weighted by molar-refractivity contribution is -0.140. The molecule has 202 valence electrons. The fourth-order valence-corrected chi connectivity index (χ4v) is 5.34. The van der Waals surface area contributed by atoms with Crippen LogP contribution in [0.3, 0.4) is 0 Å². The van der Waals surface area contributed by atoms with E-state index in [2.05, 4.69) is 27.9 Å². The summed E-state index contributed by atoms with van der Waals surface area (Å²) in [5.74, 6) is -0.747. The number of hydrogen-bond donors (Lipinski definition) is 1. The number of hydrogen-bond acceptors (Lipinski definition) is 4. The Kier molecular flexibility index (Phi) is 10.3. The molecule has 38 heavy (non-hydrogen) atoms. The predicted molar refractivity (Wildman–Crippen MR) is 160 cm³/mol. The Morgan fingerprint density at radius 3 is 2.11 bits per heavy atom. The monoisotopic (exact) mass is 647 g/mol. The van der Waals surface area contributed by atoms with E-state index in [1.807, 2.05) is 75.4 Å². The second-order valence-corrected chi connectivity index (χ2v) is 12.7. The van der Waals surface area contributed by atoms with E-state index in [-0.39, 0.29) is 18.5 Å². The van der Waals surface area contributed by atoms with Crippen molar-refractivity contribution in [1.29, 1.82) is 0 Å². The van der Waals surface area contributed by atoms with Crippen molar-refractivity contribution in [3.63, 3.8) is 0 Å². The number of halogens is 1. The standard InChI is InChI=1S/C29H34IN3O4S/c1-21(2)31-29(35)27(18-23-11-6-5-7-12-23)32(19-24-13-9-8-10-22(24)3)28(34)20-33(38(4,36)37)26-16-14-25(30)15-17-26/h5-17,21,27H,18-20H2,1-4H3,(H,31,35)/t27-/m0/s1. The van der Waals surface area contributed by atoms with E-state index in [1.54, 1.807) is 24.3 Å². The van der Waals surface area contributed by atoms with Gasteiger partial charge in [0.15, 0.2) is 0 Å². The van der Waals surface area contributed by atoms with Crippen LogP contribution in [-0.2, 0) is 32.6 Å². The zero-order chi connectivity index (χ0) is 27.9. The molecule has 7 nitrogen and oxygen atoms in total. The van der Waals surface area contributed by atoms with E-state index >= 15 is 0 Å². The minimum absolute atomic E-state index is 0.129. The average Bonchev–Trinajstić information content (AvgIpc) is 2.85. The summed E-state index contributed by atoms with van der Waals surface area (Å²) in [6.07, 6.45) is 1.37. The molecule has 0 aliphatic heterocycles. The Hall–Kier alpha value is -2.92. The van der Waals surface area contributed by atoms with Crippen molar-refractivity contribution in [3.8, 4) is 0 Å². The molecule has 0 radical (unpaired) electrons. The molecule has 0 bridgehead atoms. The van der Waals surface area contributed by atoms with Crippen LogP contribution in [0.25, 0.3) is 0 Å². The van der Waals surface area contributed by atoms with Crippen LogP contribution in [0.5, 0.6) is 0 Å². The number of rotatable bonds is 11. The van der Waals surface area contributed by atoms with Crippen LogP contribution >= 0.6 is 22.6 Å². The van der Waals surface area contributed by atoms with Gasteiger partial charge in [0, 0.05) is 22.6 Å². The lowest BCUT2D eigenvalue weighted by atomic mass is 10.0. The maximum Gasteiger partial charge on any atom is 0.244 e. The van der Waals surface area contributed by atoms with E-state index in [0.29, 0.717) is 12.1 Å². The Balaban J connectivity index is 2.06. The SMILES string of the molecule is Cc1ccccc1CN(C(=O)CN(c1ccc(I)cc1)S(C)(=O)=O)[C@@H](Cc1ccccc1)C(=O)NC(C)C. The van der Waals surface area contributed by atoms with Gasteiger partial charge in [0.25, 0.3) is 0 Å². The molecule has 0 unspecified atom stereocenters. The Bertz CT molecular complexity index is 1350. The highest BCUT2D eigenvalue weighted by Gasteiger charge is 2.33. The highest BCUT2D eigenvalue weighted by molar-refractivity contribution is 14.1. The second kappa shape index (κ2) is 13.2. The molecule has 0 heterocycles. The van der Waals surface area contributed by atoms with Gasteiger partial charge in [-0.2, -0.15) is 0 Å². The molecule has 0 aliphatic carbocycles. The Morgan fingerprint density at radius 2 is 1.53 bits per heavy atom. The molecular weight excluding hydrogens is 613 g/mol. The van der Waals surface area contributed by atoms with Crippen molar-refractivity contribution in [1.82, 2.24) is 10.2 Å². The lowest BCUT2D eigenvalue weighted by Crippen LogP contribution is -2.54. The fraction of sp³-hybridized carbons (Fsp3) is 0.310. The summed E-state index contributed by atoms with van der Waals surface area (Å²) in [6, 6.07) is 23.1. The highest BCUT2D eigenvalue weighted by Crippen LogP contribution is 2.22. The van der Waals surface area contributed by atoms with Crippen LogP contribution in [0.2, 0.25) is 0 Å². The predicted octanol–water partition coefficient (Wildman–Crippen LogP) is 4.53. The van der Waals surface area contributed by atoms with Gasteiger partial charge in [-0.15, -0.1) is 0 Å². The quantitative estimate of drug-likeness (QED) is 0.310. The molecule has 0 fully saturated rings. The number of nitrogens with zero attached hydrogens (tertiary/aromatic N) is 2. The van der Waals surface area contributed by atoms with E-state index < -0.39 is 28.5 Å². The van der Waals surface area contributed by atoms with Crippen LogP contribution in [0.15, 0.2) is 78.9 Å². The summed E-state index contributed by atoms with van der Waals surface area (Å²) < 4.78 is 27.6. The lowest BCUT2D eigenvalue weighted by Gasteiger charge is -2.34. The summed E-state index contributed by atoms with van der Waals surface area (Å²) in [5, 5.41) is 2.95. The molecule has 0 saturated heterocycles. The van der Waals surface area contributed by atoms with Crippen molar-refractivity contribution in [3.05, 3.63) is 99.1 Å². The van der Waals surface area contributed by atoms with Gasteiger partial charge in [-0.3, -0.25) is 13.9 Å². The summed E-state index contributed by atoms with van der Waals surface area (Å²) in [6.45, 7) is 5.43. The molecule has 1 atom stereocenters. The summed E-state index contributed by atoms with van der Waals surface area (Å²) in [7, 11) is -3.78. The highest BCUT2D eigenvalue weighted by atomic mass is 127. The maximum atomic E-state index is 14.0. The van der Waals surface area contributed by atoms with E-state index in [1.165, 1.54) is 4.90 Å². The first-order valence-corrected chi connectivity index (χ1v) is 15.3. The van der Waals surface area contributed by atoms with Gasteiger partial charge >= 0.3 is 0 Å². The van der Waals surface area contributed by atoms with Gasteiger partial charge in [-0.25, -0.2) is 8.42 Å². The third-order valence-corrected chi connectivity index (χ3v) is 7.96. The smallest absolute Gasteiger partial charge is 0.244 e. The topological polar surface area (TPSA) is 86.8 Å². The first kappa shape index (κ1) is 29.6. The number of sulfonamides is 1. The summed E-state index contributed by atoms with van der Waals surface area (Å²) in [5.41, 5.74) is 3.15. The maximum absolute atomic E-state index is 14.0. The minimum atomic E-state index is -3.78. The van der Waals surface area contributed by atoms with Crippen molar-refractivity contribution < 1.29 is 18.0 Å². The third kappa shape index (κ3) is 8.29. The summed E-state index contributed by atoms with van der Waals surface area (Å²) in [4.78, 5) is 29.1. The number of anilines is 1. The fourth-order valence-electron chi connectivity index (χ4n) is 4.13. The third-order valence-electron chi connectivity index (χ3n) is 6.10. The van der Waals surface area contributed by atoms with Crippen LogP contribution in [-0.4, -0.2) is 50.0 Å². The van der Waals surface area contributed by atoms with Crippen molar-refractivity contribution in [2.45, 2.75) is 45.8 Å². The molecule has 3 aromatic carbocycles. The van der Waals surface area contributed by atoms with Gasteiger partial charge in [-0.1, -0.05) is 54.6 Å². The largest absolute Gasteiger partial charge is 0.352 e. The van der Waals surface area contributed by atoms with E-state index in [0.717, 1.165) is 30.8 Å². The van der Waals surface area contributed by atoms with Gasteiger partial charge in [0.2, 0.25) is 21.8 Å². The summed E-state index contributed by atoms with van der Waals surface area (Å²) >= 11 is 2.14. The molecule has 0 aliphatic rings. The van der Waals surface area contributed by atoms with Crippen LogP contribution in [0.1, 0.15) is 30.5 Å². The zero-order valence-corrected chi connectivity index (χ0v) is 25.1. The number of aryl methyl sites for hydroxylation is 1. The molecular formula is C29H34IN3O4S. The number of carbonyl (C=O) groups excluding carboxylic acids is 2.